The molecule has 1 aromatic rings. The Morgan fingerprint density at radius 3 is 2.76 bits per heavy atom. The third kappa shape index (κ3) is 3.81. The standard InChI is InChI=1S/C11H12BrFN2O2/c1-7(2)3-4-14-10-5-8(12)9(13)6-11(10)15(16)17/h3,5-6,14H,4H2,1-2H3. The topological polar surface area (TPSA) is 55.2 Å². The van der Waals surface area contributed by atoms with Crippen molar-refractivity contribution < 1.29 is 9.31 Å². The fourth-order valence-corrected chi connectivity index (χ4v) is 1.54. The summed E-state index contributed by atoms with van der Waals surface area (Å²) in [7, 11) is 0. The molecule has 0 heterocycles. The molecule has 1 rings (SSSR count). The minimum Gasteiger partial charge on any atom is -0.376 e. The molecule has 0 aliphatic heterocycles. The summed E-state index contributed by atoms with van der Waals surface area (Å²) in [5, 5.41) is 13.6. The Hall–Kier alpha value is -1.43. The number of benzene rings is 1. The molecule has 17 heavy (non-hydrogen) atoms. The Kier molecular flexibility index (Phi) is 4.62. The lowest BCUT2D eigenvalue weighted by Gasteiger charge is -2.06. The van der Waals surface area contributed by atoms with Gasteiger partial charge < -0.3 is 5.32 Å². The van der Waals surface area contributed by atoms with Gasteiger partial charge in [-0.3, -0.25) is 10.1 Å². The van der Waals surface area contributed by atoms with Crippen LogP contribution in [0.3, 0.4) is 0 Å². The zero-order valence-corrected chi connectivity index (χ0v) is 11.0. The van der Waals surface area contributed by atoms with E-state index >= 15 is 0 Å². The van der Waals surface area contributed by atoms with E-state index in [4.69, 9.17) is 0 Å². The van der Waals surface area contributed by atoms with E-state index in [1.165, 1.54) is 6.07 Å². The van der Waals surface area contributed by atoms with Crippen LogP contribution in [0, 0.1) is 15.9 Å². The predicted molar refractivity (Wildman–Crippen MR) is 68.7 cm³/mol. The molecule has 0 aliphatic carbocycles. The lowest BCUT2D eigenvalue weighted by Crippen LogP contribution is -2.03. The highest BCUT2D eigenvalue weighted by Gasteiger charge is 2.16. The highest BCUT2D eigenvalue weighted by molar-refractivity contribution is 9.10. The molecule has 6 heteroatoms. The van der Waals surface area contributed by atoms with Crippen molar-refractivity contribution in [1.29, 1.82) is 0 Å². The van der Waals surface area contributed by atoms with Gasteiger partial charge in [0.05, 0.1) is 15.5 Å². The highest BCUT2D eigenvalue weighted by atomic mass is 79.9. The number of allylic oxidation sites excluding steroid dienone is 1. The maximum Gasteiger partial charge on any atom is 0.295 e. The van der Waals surface area contributed by atoms with Crippen molar-refractivity contribution in [2.75, 3.05) is 11.9 Å². The second-order valence-electron chi connectivity index (χ2n) is 3.70. The van der Waals surface area contributed by atoms with Gasteiger partial charge in [0, 0.05) is 6.54 Å². The summed E-state index contributed by atoms with van der Waals surface area (Å²) in [5.74, 6) is -0.649. The SMILES string of the molecule is CC(C)=CCNc1cc(Br)c(F)cc1[N+](=O)[O-]. The summed E-state index contributed by atoms with van der Waals surface area (Å²) in [5.41, 5.74) is 1.12. The van der Waals surface area contributed by atoms with Gasteiger partial charge in [-0.1, -0.05) is 11.6 Å². The predicted octanol–water partition coefficient (Wildman–Crippen LogP) is 3.87. The van der Waals surface area contributed by atoms with Crippen LogP contribution < -0.4 is 5.32 Å². The van der Waals surface area contributed by atoms with Gasteiger partial charge in [-0.25, -0.2) is 4.39 Å². The molecule has 0 atom stereocenters. The number of nitro groups is 1. The van der Waals surface area contributed by atoms with Gasteiger partial charge in [0.15, 0.2) is 0 Å². The van der Waals surface area contributed by atoms with Gasteiger partial charge >= 0.3 is 0 Å². The van der Waals surface area contributed by atoms with Gasteiger partial charge in [0.1, 0.15) is 11.5 Å². The number of hydrogen-bond acceptors (Lipinski definition) is 3. The summed E-state index contributed by atoms with van der Waals surface area (Å²) in [4.78, 5) is 10.1. The summed E-state index contributed by atoms with van der Waals surface area (Å²) >= 11 is 3.00. The van der Waals surface area contributed by atoms with E-state index in [1.807, 2.05) is 19.9 Å². The molecular formula is C11H12BrFN2O2. The Morgan fingerprint density at radius 1 is 1.59 bits per heavy atom. The first kappa shape index (κ1) is 13.6. The average molecular weight is 303 g/mol. The Balaban J connectivity index is 3.00. The first-order valence-electron chi connectivity index (χ1n) is 4.92. The monoisotopic (exact) mass is 302 g/mol. The molecule has 0 bridgehead atoms. The van der Waals surface area contributed by atoms with E-state index < -0.39 is 10.7 Å². The molecule has 0 unspecified atom stereocenters. The smallest absolute Gasteiger partial charge is 0.295 e. The number of hydrogen-bond donors (Lipinski definition) is 1. The molecule has 1 aromatic carbocycles. The Morgan fingerprint density at radius 2 is 2.24 bits per heavy atom. The van der Waals surface area contributed by atoms with Crippen LogP contribution in [0.25, 0.3) is 0 Å². The van der Waals surface area contributed by atoms with Crippen LogP contribution in [0.4, 0.5) is 15.8 Å². The fourth-order valence-electron chi connectivity index (χ4n) is 1.19. The van der Waals surface area contributed by atoms with Crippen LogP contribution in [-0.4, -0.2) is 11.5 Å². The number of anilines is 1. The normalized spacial score (nSPS) is 9.88. The number of rotatable bonds is 4. The molecule has 0 spiro atoms. The van der Waals surface area contributed by atoms with Crippen molar-refractivity contribution >= 4 is 27.3 Å². The first-order valence-corrected chi connectivity index (χ1v) is 5.71. The maximum atomic E-state index is 13.2. The van der Waals surface area contributed by atoms with Crippen LogP contribution >= 0.6 is 15.9 Å². The Labute approximate surface area is 107 Å². The molecule has 0 fully saturated rings. The first-order chi connectivity index (χ1) is 7.91. The highest BCUT2D eigenvalue weighted by Crippen LogP contribution is 2.30. The lowest BCUT2D eigenvalue weighted by molar-refractivity contribution is -0.384. The molecule has 0 radical (unpaired) electrons. The minimum absolute atomic E-state index is 0.197. The molecule has 92 valence electrons. The largest absolute Gasteiger partial charge is 0.376 e. The van der Waals surface area contributed by atoms with Crippen molar-refractivity contribution in [2.24, 2.45) is 0 Å². The van der Waals surface area contributed by atoms with Crippen molar-refractivity contribution in [3.8, 4) is 0 Å². The zero-order chi connectivity index (χ0) is 13.0. The van der Waals surface area contributed by atoms with Gasteiger partial charge in [0.25, 0.3) is 5.69 Å². The Bertz CT molecular complexity index is 471. The molecule has 1 N–H and O–H groups in total. The molecule has 0 amide bonds. The van der Waals surface area contributed by atoms with Gasteiger partial charge in [0.2, 0.25) is 0 Å². The molecule has 0 saturated heterocycles. The summed E-state index contributed by atoms with van der Waals surface area (Å²) < 4.78 is 13.4. The summed E-state index contributed by atoms with van der Waals surface area (Å²) in [6.45, 7) is 4.31. The van der Waals surface area contributed by atoms with Crippen LogP contribution in [0.2, 0.25) is 0 Å². The van der Waals surface area contributed by atoms with Crippen molar-refractivity contribution in [1.82, 2.24) is 0 Å². The number of nitro benzene ring substituents is 1. The van der Waals surface area contributed by atoms with Crippen molar-refractivity contribution in [3.05, 3.63) is 44.2 Å². The van der Waals surface area contributed by atoms with Crippen LogP contribution in [0.1, 0.15) is 13.8 Å². The van der Waals surface area contributed by atoms with Crippen molar-refractivity contribution in [3.63, 3.8) is 0 Å². The van der Waals surface area contributed by atoms with E-state index in [-0.39, 0.29) is 10.2 Å². The molecule has 0 saturated carbocycles. The van der Waals surface area contributed by atoms with E-state index in [9.17, 15) is 14.5 Å². The second kappa shape index (κ2) is 5.77. The summed E-state index contributed by atoms with van der Waals surface area (Å²) in [6.07, 6.45) is 1.89. The third-order valence-corrected chi connectivity index (χ3v) is 2.65. The van der Waals surface area contributed by atoms with Gasteiger partial charge in [-0.2, -0.15) is 0 Å². The van der Waals surface area contributed by atoms with E-state index in [0.717, 1.165) is 11.6 Å². The maximum absolute atomic E-state index is 13.2. The molecular weight excluding hydrogens is 291 g/mol. The van der Waals surface area contributed by atoms with E-state index in [1.54, 1.807) is 0 Å². The summed E-state index contributed by atoms with van der Waals surface area (Å²) in [6, 6.07) is 2.27. The van der Waals surface area contributed by atoms with Crippen LogP contribution in [-0.2, 0) is 0 Å². The fraction of sp³-hybridized carbons (Fsp3) is 0.273. The van der Waals surface area contributed by atoms with Crippen molar-refractivity contribution in [2.45, 2.75) is 13.8 Å². The molecule has 0 aromatic heterocycles. The van der Waals surface area contributed by atoms with Crippen LogP contribution in [0.15, 0.2) is 28.3 Å². The average Bonchev–Trinajstić information content (AvgIpc) is 2.22. The van der Waals surface area contributed by atoms with E-state index in [0.29, 0.717) is 12.2 Å². The lowest BCUT2D eigenvalue weighted by atomic mass is 10.2. The van der Waals surface area contributed by atoms with Crippen LogP contribution in [0.5, 0.6) is 0 Å². The molecule has 4 nitrogen and oxygen atoms in total. The minimum atomic E-state index is -0.649. The zero-order valence-electron chi connectivity index (χ0n) is 9.46. The van der Waals surface area contributed by atoms with Gasteiger partial charge in [-0.15, -0.1) is 0 Å². The quantitative estimate of drug-likeness (QED) is 0.522. The number of nitrogens with one attached hydrogen (secondary N) is 1. The second-order valence-corrected chi connectivity index (χ2v) is 4.56. The van der Waals surface area contributed by atoms with Gasteiger partial charge in [-0.05, 0) is 35.8 Å². The number of halogens is 2. The third-order valence-electron chi connectivity index (χ3n) is 2.04. The molecule has 0 aliphatic rings. The van der Waals surface area contributed by atoms with E-state index in [2.05, 4.69) is 21.2 Å². The number of nitrogens with zero attached hydrogens (tertiary/aromatic N) is 1.